The van der Waals surface area contributed by atoms with E-state index in [1.54, 1.807) is 0 Å². The number of nitrogens with one attached hydrogen (secondary N) is 1. The van der Waals surface area contributed by atoms with Crippen LogP contribution in [0.3, 0.4) is 0 Å². The number of nitrogens with zero attached hydrogens (tertiary/aromatic N) is 1. The molecule has 0 radical (unpaired) electrons. The van der Waals surface area contributed by atoms with Crippen molar-refractivity contribution in [1.29, 1.82) is 0 Å². The van der Waals surface area contributed by atoms with Gasteiger partial charge in [0, 0.05) is 19.2 Å². The molecule has 1 aromatic carbocycles. The van der Waals surface area contributed by atoms with Crippen LogP contribution in [0.2, 0.25) is 0 Å². The Balaban J connectivity index is 1.78. The van der Waals surface area contributed by atoms with Crippen LogP contribution in [0.25, 0.3) is 0 Å². The zero-order chi connectivity index (χ0) is 18.2. The molecule has 1 amide bonds. The lowest BCUT2D eigenvalue weighted by Gasteiger charge is -2.35. The third-order valence-corrected chi connectivity index (χ3v) is 6.45. The third-order valence-electron chi connectivity index (χ3n) is 4.57. The maximum absolute atomic E-state index is 15.0. The second kappa shape index (κ2) is 6.60. The first-order chi connectivity index (χ1) is 11.7. The number of sulfonamides is 1. The molecule has 3 rings (SSSR count). The third kappa shape index (κ3) is 3.82. The monoisotopic (exact) mass is 376 g/mol. The lowest BCUT2D eigenvalue weighted by atomic mass is 9.95. The molecule has 5 nitrogen and oxygen atoms in total. The number of piperidine rings is 1. The van der Waals surface area contributed by atoms with Crippen LogP contribution in [0.4, 0.5) is 13.2 Å². The van der Waals surface area contributed by atoms with E-state index in [4.69, 9.17) is 0 Å². The van der Waals surface area contributed by atoms with Crippen molar-refractivity contribution in [3.63, 3.8) is 0 Å². The molecule has 9 heteroatoms. The fourth-order valence-corrected chi connectivity index (χ4v) is 4.47. The van der Waals surface area contributed by atoms with Crippen molar-refractivity contribution in [2.45, 2.75) is 36.2 Å². The van der Waals surface area contributed by atoms with Gasteiger partial charge in [-0.2, -0.15) is 4.31 Å². The summed E-state index contributed by atoms with van der Waals surface area (Å²) < 4.78 is 67.8. The Labute approximate surface area is 144 Å². The maximum Gasteiger partial charge on any atom is 0.259 e. The van der Waals surface area contributed by atoms with E-state index >= 15 is 4.39 Å². The van der Waals surface area contributed by atoms with Crippen LogP contribution in [0.1, 0.15) is 25.7 Å². The summed E-state index contributed by atoms with van der Waals surface area (Å²) in [4.78, 5) is 11.4. The number of hydrogen-bond donors (Lipinski definition) is 1. The molecule has 1 saturated carbocycles. The Bertz CT molecular complexity index is 783. The van der Waals surface area contributed by atoms with Crippen LogP contribution in [0.15, 0.2) is 23.1 Å². The van der Waals surface area contributed by atoms with Crippen LogP contribution in [0.5, 0.6) is 0 Å². The summed E-state index contributed by atoms with van der Waals surface area (Å²) in [5.74, 6) is -2.62. The first kappa shape index (κ1) is 18.2. The van der Waals surface area contributed by atoms with Gasteiger partial charge in [-0.3, -0.25) is 4.79 Å². The Hall–Kier alpha value is -1.61. The SMILES string of the molecule is O=C(NCC1CC1)C1(F)CCCN(S(=O)(=O)c2ccc(F)cc2F)C1. The van der Waals surface area contributed by atoms with Crippen molar-refractivity contribution < 1.29 is 26.4 Å². The van der Waals surface area contributed by atoms with Crippen molar-refractivity contribution >= 4 is 15.9 Å². The first-order valence-corrected chi connectivity index (χ1v) is 9.59. The number of rotatable bonds is 5. The van der Waals surface area contributed by atoms with Gasteiger partial charge in [0.2, 0.25) is 15.7 Å². The topological polar surface area (TPSA) is 66.5 Å². The molecule has 1 heterocycles. The number of amides is 1. The molecule has 1 aliphatic carbocycles. The molecule has 1 aromatic rings. The van der Waals surface area contributed by atoms with Gasteiger partial charge in [0.15, 0.2) is 0 Å². The summed E-state index contributed by atoms with van der Waals surface area (Å²) >= 11 is 0. The highest BCUT2D eigenvalue weighted by Crippen LogP contribution is 2.32. The predicted molar refractivity (Wildman–Crippen MR) is 83.9 cm³/mol. The van der Waals surface area contributed by atoms with E-state index in [9.17, 15) is 22.0 Å². The summed E-state index contributed by atoms with van der Waals surface area (Å²) in [6, 6.07) is 2.09. The molecule has 0 spiro atoms. The van der Waals surface area contributed by atoms with Crippen LogP contribution >= 0.6 is 0 Å². The fraction of sp³-hybridized carbons (Fsp3) is 0.562. The molecule has 25 heavy (non-hydrogen) atoms. The summed E-state index contributed by atoms with van der Waals surface area (Å²) in [6.45, 7) is -0.326. The fourth-order valence-electron chi connectivity index (χ4n) is 2.90. The van der Waals surface area contributed by atoms with Crippen molar-refractivity contribution in [2.24, 2.45) is 5.92 Å². The smallest absolute Gasteiger partial charge is 0.259 e. The zero-order valence-corrected chi connectivity index (χ0v) is 14.3. The van der Waals surface area contributed by atoms with E-state index in [1.165, 1.54) is 0 Å². The van der Waals surface area contributed by atoms with Crippen LogP contribution in [-0.2, 0) is 14.8 Å². The average molecular weight is 376 g/mol. The van der Waals surface area contributed by atoms with E-state index in [1.807, 2.05) is 0 Å². The second-order valence-corrected chi connectivity index (χ2v) is 8.54. The molecule has 0 aromatic heterocycles. The lowest BCUT2D eigenvalue weighted by Crippen LogP contribution is -2.55. The lowest BCUT2D eigenvalue weighted by molar-refractivity contribution is -0.135. The normalized spacial score (nSPS) is 24.9. The summed E-state index contributed by atoms with van der Waals surface area (Å²) in [5.41, 5.74) is -2.35. The van der Waals surface area contributed by atoms with Gasteiger partial charge >= 0.3 is 0 Å². The first-order valence-electron chi connectivity index (χ1n) is 8.15. The van der Waals surface area contributed by atoms with E-state index in [0.29, 0.717) is 18.5 Å². The number of alkyl halides is 1. The standard InChI is InChI=1S/C16H19F3N2O3S/c17-12-4-5-14(13(18)8-12)25(23,24)21-7-1-6-16(19,10-21)15(22)20-9-11-2-3-11/h4-5,8,11H,1-3,6-7,9-10H2,(H,20,22). The molecule has 1 saturated heterocycles. The quantitative estimate of drug-likeness (QED) is 0.855. The van der Waals surface area contributed by atoms with Gasteiger partial charge in [-0.15, -0.1) is 0 Å². The molecular weight excluding hydrogens is 357 g/mol. The van der Waals surface area contributed by atoms with Gasteiger partial charge in [-0.25, -0.2) is 21.6 Å². The highest BCUT2D eigenvalue weighted by Gasteiger charge is 2.46. The molecule has 0 bridgehead atoms. The summed E-state index contributed by atoms with van der Waals surface area (Å²) in [6.07, 6.45) is 2.02. The highest BCUT2D eigenvalue weighted by atomic mass is 32.2. The van der Waals surface area contributed by atoms with Crippen LogP contribution < -0.4 is 5.32 Å². The number of carbonyl (C=O) groups excluding carboxylic acids is 1. The Kier molecular flexibility index (Phi) is 4.80. The van der Waals surface area contributed by atoms with Gasteiger partial charge in [-0.05, 0) is 43.7 Å². The number of carbonyl (C=O) groups is 1. The van der Waals surface area contributed by atoms with E-state index in [-0.39, 0.29) is 19.4 Å². The van der Waals surface area contributed by atoms with Gasteiger partial charge in [0.1, 0.15) is 16.5 Å². The molecule has 1 atom stereocenters. The van der Waals surface area contributed by atoms with Crippen molar-refractivity contribution in [1.82, 2.24) is 9.62 Å². The Morgan fingerprint density at radius 2 is 2.04 bits per heavy atom. The van der Waals surface area contributed by atoms with E-state index < -0.39 is 44.7 Å². The average Bonchev–Trinajstić information content (AvgIpc) is 3.36. The van der Waals surface area contributed by atoms with E-state index in [2.05, 4.69) is 5.32 Å². The Morgan fingerprint density at radius 1 is 1.32 bits per heavy atom. The molecule has 2 aliphatic rings. The minimum absolute atomic E-state index is 0.0271. The van der Waals surface area contributed by atoms with Gasteiger partial charge in [0.05, 0.1) is 6.54 Å². The zero-order valence-electron chi connectivity index (χ0n) is 13.5. The number of halogens is 3. The predicted octanol–water partition coefficient (Wildman–Crippen LogP) is 1.98. The largest absolute Gasteiger partial charge is 0.353 e. The van der Waals surface area contributed by atoms with Crippen molar-refractivity contribution in [3.8, 4) is 0 Å². The maximum atomic E-state index is 15.0. The second-order valence-electron chi connectivity index (χ2n) is 6.64. The molecule has 1 N–H and O–H groups in total. The van der Waals surface area contributed by atoms with Gasteiger partial charge in [0.25, 0.3) is 5.91 Å². The van der Waals surface area contributed by atoms with Crippen molar-refractivity contribution in [2.75, 3.05) is 19.6 Å². The van der Waals surface area contributed by atoms with Crippen LogP contribution in [-0.4, -0.2) is 43.9 Å². The van der Waals surface area contributed by atoms with E-state index in [0.717, 1.165) is 29.3 Å². The van der Waals surface area contributed by atoms with Crippen molar-refractivity contribution in [3.05, 3.63) is 29.8 Å². The minimum atomic E-state index is -4.36. The Morgan fingerprint density at radius 3 is 2.68 bits per heavy atom. The van der Waals surface area contributed by atoms with Gasteiger partial charge in [-0.1, -0.05) is 0 Å². The molecule has 138 valence electrons. The number of benzene rings is 1. The van der Waals surface area contributed by atoms with Crippen LogP contribution in [0, 0.1) is 17.6 Å². The summed E-state index contributed by atoms with van der Waals surface area (Å²) in [5, 5.41) is 2.53. The number of hydrogen-bond acceptors (Lipinski definition) is 3. The molecule has 1 unspecified atom stereocenters. The molecular formula is C16H19F3N2O3S. The summed E-state index contributed by atoms with van der Waals surface area (Å²) in [7, 11) is -4.36. The molecule has 2 fully saturated rings. The highest BCUT2D eigenvalue weighted by molar-refractivity contribution is 7.89. The molecule has 1 aliphatic heterocycles. The van der Waals surface area contributed by atoms with Gasteiger partial charge < -0.3 is 5.32 Å². The minimum Gasteiger partial charge on any atom is -0.353 e.